The Morgan fingerprint density at radius 2 is 1.95 bits per heavy atom. The fraction of sp³-hybridized carbons (Fsp3) is 0.278. The first-order valence-electron chi connectivity index (χ1n) is 7.14. The monoisotopic (exact) mass is 265 g/mol. The van der Waals surface area contributed by atoms with Crippen LogP contribution >= 0.6 is 0 Å². The standard InChI is InChI=1S/C18H19NO/c1-13-5-7-14(8-6-13)11-18(20)17-4-2-3-15-12-19-10-9-16(15)17/h2-8,19H,9-12H2,1H3. The first-order valence-corrected chi connectivity index (χ1v) is 7.14. The molecule has 0 saturated carbocycles. The van der Waals surface area contributed by atoms with Crippen molar-refractivity contribution in [2.45, 2.75) is 26.3 Å². The number of fused-ring (bicyclic) bond motifs is 1. The summed E-state index contributed by atoms with van der Waals surface area (Å²) in [5.74, 6) is 0.229. The summed E-state index contributed by atoms with van der Waals surface area (Å²) in [5, 5.41) is 3.35. The van der Waals surface area contributed by atoms with Crippen molar-refractivity contribution in [3.8, 4) is 0 Å². The molecule has 1 aliphatic heterocycles. The van der Waals surface area contributed by atoms with Gasteiger partial charge in [0, 0.05) is 18.5 Å². The van der Waals surface area contributed by atoms with Crippen LogP contribution in [-0.2, 0) is 19.4 Å². The van der Waals surface area contributed by atoms with Gasteiger partial charge in [-0.25, -0.2) is 0 Å². The van der Waals surface area contributed by atoms with E-state index in [1.807, 2.05) is 24.3 Å². The van der Waals surface area contributed by atoms with Gasteiger partial charge in [0.25, 0.3) is 0 Å². The molecule has 0 bridgehead atoms. The average molecular weight is 265 g/mol. The summed E-state index contributed by atoms with van der Waals surface area (Å²) in [4.78, 5) is 12.6. The van der Waals surface area contributed by atoms with Gasteiger partial charge in [-0.05, 0) is 36.6 Å². The summed E-state index contributed by atoms with van der Waals surface area (Å²) >= 11 is 0. The SMILES string of the molecule is Cc1ccc(CC(=O)c2cccc3c2CCNC3)cc1. The van der Waals surface area contributed by atoms with Crippen LogP contribution in [0.1, 0.15) is 32.6 Å². The van der Waals surface area contributed by atoms with E-state index in [0.29, 0.717) is 6.42 Å². The van der Waals surface area contributed by atoms with Gasteiger partial charge < -0.3 is 5.32 Å². The van der Waals surface area contributed by atoms with Gasteiger partial charge in [0.15, 0.2) is 5.78 Å². The second-order valence-electron chi connectivity index (χ2n) is 5.46. The smallest absolute Gasteiger partial charge is 0.167 e. The van der Waals surface area contributed by atoms with Gasteiger partial charge in [-0.2, -0.15) is 0 Å². The van der Waals surface area contributed by atoms with Crippen LogP contribution in [-0.4, -0.2) is 12.3 Å². The molecule has 20 heavy (non-hydrogen) atoms. The maximum atomic E-state index is 12.6. The van der Waals surface area contributed by atoms with Crippen molar-refractivity contribution >= 4 is 5.78 Å². The highest BCUT2D eigenvalue weighted by atomic mass is 16.1. The van der Waals surface area contributed by atoms with Crippen LogP contribution in [0.15, 0.2) is 42.5 Å². The number of aryl methyl sites for hydroxylation is 1. The van der Waals surface area contributed by atoms with Crippen molar-refractivity contribution < 1.29 is 4.79 Å². The van der Waals surface area contributed by atoms with Crippen molar-refractivity contribution in [2.24, 2.45) is 0 Å². The molecule has 102 valence electrons. The lowest BCUT2D eigenvalue weighted by Crippen LogP contribution is -2.25. The van der Waals surface area contributed by atoms with Gasteiger partial charge in [0.1, 0.15) is 0 Å². The highest BCUT2D eigenvalue weighted by Crippen LogP contribution is 2.20. The molecule has 2 aromatic rings. The van der Waals surface area contributed by atoms with Crippen molar-refractivity contribution in [3.05, 3.63) is 70.3 Å². The van der Waals surface area contributed by atoms with Crippen molar-refractivity contribution in [2.75, 3.05) is 6.54 Å². The molecule has 0 saturated heterocycles. The molecule has 0 radical (unpaired) electrons. The number of carbonyl (C=O) groups excluding carboxylic acids is 1. The van der Waals surface area contributed by atoms with E-state index < -0.39 is 0 Å². The molecular formula is C18H19NO. The maximum absolute atomic E-state index is 12.6. The summed E-state index contributed by atoms with van der Waals surface area (Å²) in [5.41, 5.74) is 5.73. The van der Waals surface area contributed by atoms with Gasteiger partial charge in [-0.15, -0.1) is 0 Å². The normalized spacial score (nSPS) is 13.8. The lowest BCUT2D eigenvalue weighted by Gasteiger charge is -2.19. The molecule has 0 spiro atoms. The van der Waals surface area contributed by atoms with Crippen LogP contribution < -0.4 is 5.32 Å². The molecule has 0 aromatic heterocycles. The number of carbonyl (C=O) groups is 1. The fourth-order valence-corrected chi connectivity index (χ4v) is 2.78. The van der Waals surface area contributed by atoms with Gasteiger partial charge in [0.05, 0.1) is 0 Å². The molecule has 1 N–H and O–H groups in total. The second-order valence-corrected chi connectivity index (χ2v) is 5.46. The van der Waals surface area contributed by atoms with Crippen LogP contribution in [0.2, 0.25) is 0 Å². The molecule has 0 atom stereocenters. The average Bonchev–Trinajstić information content (AvgIpc) is 2.49. The zero-order valence-corrected chi connectivity index (χ0v) is 11.8. The third-order valence-electron chi connectivity index (χ3n) is 3.93. The molecule has 2 heteroatoms. The molecule has 0 aliphatic carbocycles. The van der Waals surface area contributed by atoms with E-state index in [2.05, 4.69) is 30.4 Å². The van der Waals surface area contributed by atoms with Crippen molar-refractivity contribution in [1.29, 1.82) is 0 Å². The number of rotatable bonds is 3. The molecule has 0 amide bonds. The Balaban J connectivity index is 1.85. The van der Waals surface area contributed by atoms with Gasteiger partial charge in [-0.3, -0.25) is 4.79 Å². The minimum atomic E-state index is 0.229. The topological polar surface area (TPSA) is 29.1 Å². The van der Waals surface area contributed by atoms with Gasteiger partial charge >= 0.3 is 0 Å². The van der Waals surface area contributed by atoms with E-state index >= 15 is 0 Å². The van der Waals surface area contributed by atoms with Gasteiger partial charge in [0.2, 0.25) is 0 Å². The molecule has 1 heterocycles. The van der Waals surface area contributed by atoms with E-state index in [-0.39, 0.29) is 5.78 Å². The Morgan fingerprint density at radius 1 is 1.15 bits per heavy atom. The maximum Gasteiger partial charge on any atom is 0.167 e. The summed E-state index contributed by atoms with van der Waals surface area (Å²) in [6, 6.07) is 14.3. The summed E-state index contributed by atoms with van der Waals surface area (Å²) < 4.78 is 0. The number of hydrogen-bond donors (Lipinski definition) is 1. The van der Waals surface area contributed by atoms with Crippen LogP contribution in [0.25, 0.3) is 0 Å². The molecule has 2 aromatic carbocycles. The predicted molar refractivity (Wildman–Crippen MR) is 81.1 cm³/mol. The van der Waals surface area contributed by atoms with E-state index in [0.717, 1.165) is 30.6 Å². The Bertz CT molecular complexity index is 628. The van der Waals surface area contributed by atoms with Crippen molar-refractivity contribution in [3.63, 3.8) is 0 Å². The highest BCUT2D eigenvalue weighted by Gasteiger charge is 2.17. The van der Waals surface area contributed by atoms with Crippen LogP contribution in [0.3, 0.4) is 0 Å². The Hall–Kier alpha value is -1.93. The number of hydrogen-bond acceptors (Lipinski definition) is 2. The third kappa shape index (κ3) is 2.66. The summed E-state index contributed by atoms with van der Waals surface area (Å²) in [7, 11) is 0. The Labute approximate surface area is 119 Å². The second kappa shape index (κ2) is 5.59. The molecular weight excluding hydrogens is 246 g/mol. The molecule has 0 unspecified atom stereocenters. The minimum Gasteiger partial charge on any atom is -0.312 e. The van der Waals surface area contributed by atoms with Crippen LogP contribution in [0, 0.1) is 6.92 Å². The van der Waals surface area contributed by atoms with E-state index in [4.69, 9.17) is 0 Å². The summed E-state index contributed by atoms with van der Waals surface area (Å²) in [6.45, 7) is 3.90. The highest BCUT2D eigenvalue weighted by molar-refractivity contribution is 5.99. The molecule has 1 aliphatic rings. The van der Waals surface area contributed by atoms with E-state index in [1.165, 1.54) is 16.7 Å². The zero-order chi connectivity index (χ0) is 13.9. The lowest BCUT2D eigenvalue weighted by molar-refractivity contribution is 0.0992. The number of benzene rings is 2. The third-order valence-corrected chi connectivity index (χ3v) is 3.93. The zero-order valence-electron chi connectivity index (χ0n) is 11.8. The lowest BCUT2D eigenvalue weighted by atomic mass is 9.91. The molecule has 3 rings (SSSR count). The number of ketones is 1. The van der Waals surface area contributed by atoms with Crippen LogP contribution in [0.5, 0.6) is 0 Å². The Morgan fingerprint density at radius 3 is 2.75 bits per heavy atom. The number of nitrogens with one attached hydrogen (secondary N) is 1. The fourth-order valence-electron chi connectivity index (χ4n) is 2.78. The van der Waals surface area contributed by atoms with E-state index in [9.17, 15) is 4.79 Å². The van der Waals surface area contributed by atoms with Gasteiger partial charge in [-0.1, -0.05) is 48.0 Å². The summed E-state index contributed by atoms with van der Waals surface area (Å²) in [6.07, 6.45) is 1.44. The molecule has 0 fully saturated rings. The van der Waals surface area contributed by atoms with Crippen LogP contribution in [0.4, 0.5) is 0 Å². The minimum absolute atomic E-state index is 0.229. The predicted octanol–water partition coefficient (Wildman–Crippen LogP) is 3.07. The Kier molecular flexibility index (Phi) is 3.66. The number of Topliss-reactive ketones (excluding diaryl/α,β-unsaturated/α-hetero) is 1. The first kappa shape index (κ1) is 13.1. The van der Waals surface area contributed by atoms with E-state index in [1.54, 1.807) is 0 Å². The quantitative estimate of drug-likeness (QED) is 0.864. The first-order chi connectivity index (χ1) is 9.74. The van der Waals surface area contributed by atoms with Crippen molar-refractivity contribution in [1.82, 2.24) is 5.32 Å². The molecule has 2 nitrogen and oxygen atoms in total. The largest absolute Gasteiger partial charge is 0.312 e.